The highest BCUT2D eigenvalue weighted by Crippen LogP contribution is 2.47. The van der Waals surface area contributed by atoms with Gasteiger partial charge in [0.25, 0.3) is 0 Å². The van der Waals surface area contributed by atoms with Crippen LogP contribution in [0.1, 0.15) is 56.6 Å². The first kappa shape index (κ1) is 24.5. The molecule has 2 aliphatic rings. The number of dihydropyridines is 1. The van der Waals surface area contributed by atoms with Crippen LogP contribution in [0.5, 0.6) is 11.5 Å². The van der Waals surface area contributed by atoms with Crippen LogP contribution in [0.15, 0.2) is 65.0 Å². The molecule has 0 saturated carbocycles. The molecule has 0 saturated heterocycles. The number of allylic oxidation sites excluding steroid dienone is 3. The molecule has 0 radical (unpaired) electrons. The van der Waals surface area contributed by atoms with Crippen LogP contribution in [0.25, 0.3) is 0 Å². The second-order valence-corrected chi connectivity index (χ2v) is 9.11. The van der Waals surface area contributed by atoms with Gasteiger partial charge in [0.1, 0.15) is 5.82 Å². The van der Waals surface area contributed by atoms with E-state index >= 15 is 4.39 Å². The fourth-order valence-corrected chi connectivity index (χ4v) is 4.95. The minimum Gasteiger partial charge on any atom is -0.493 e. The first-order valence-corrected chi connectivity index (χ1v) is 11.7. The summed E-state index contributed by atoms with van der Waals surface area (Å²) in [6.07, 6.45) is 0.411. The van der Waals surface area contributed by atoms with Crippen molar-refractivity contribution >= 4 is 11.8 Å². The van der Waals surface area contributed by atoms with E-state index in [1.165, 1.54) is 6.07 Å². The van der Waals surface area contributed by atoms with Gasteiger partial charge in [0.05, 0.1) is 31.8 Å². The Morgan fingerprint density at radius 2 is 1.77 bits per heavy atom. The lowest BCUT2D eigenvalue weighted by molar-refractivity contribution is -0.143. The molecule has 1 N–H and O–H groups in total. The Bertz CT molecular complexity index is 1230. The fraction of sp³-hybridized carbons (Fsp3) is 0.357. The third kappa shape index (κ3) is 4.67. The second kappa shape index (κ2) is 9.94. The highest BCUT2D eigenvalue weighted by molar-refractivity contribution is 6.04. The van der Waals surface area contributed by atoms with Gasteiger partial charge in [-0.3, -0.25) is 4.79 Å². The molecule has 4 rings (SSSR count). The number of hydrogen-bond acceptors (Lipinski definition) is 6. The summed E-state index contributed by atoms with van der Waals surface area (Å²) >= 11 is 0. The summed E-state index contributed by atoms with van der Waals surface area (Å²) in [4.78, 5) is 26.7. The lowest BCUT2D eigenvalue weighted by atomic mass is 9.71. The van der Waals surface area contributed by atoms with E-state index in [4.69, 9.17) is 14.2 Å². The van der Waals surface area contributed by atoms with Gasteiger partial charge >= 0.3 is 5.97 Å². The third-order valence-corrected chi connectivity index (χ3v) is 6.49. The van der Waals surface area contributed by atoms with Gasteiger partial charge in [-0.2, -0.15) is 0 Å². The molecule has 1 heterocycles. The number of rotatable bonds is 6. The molecule has 0 fully saturated rings. The number of hydrogen-bond donors (Lipinski definition) is 1. The number of methoxy groups -OCH3 is 2. The number of nitrogens with one attached hydrogen (secondary N) is 1. The zero-order valence-corrected chi connectivity index (χ0v) is 20.6. The standard InChI is InChI=1S/C28H30FNO5/c1-15(2)35-28(32)25-16(3)30-21-12-18(17-10-11-23(33-4)24(14-17)34-5)13-22(31)27(21)26(25)19-8-6-7-9-20(19)29/h6-11,14-15,18,26,30H,12-13H2,1-5H3/t18-,26-/m1/s1. The minimum absolute atomic E-state index is 0.105. The maximum Gasteiger partial charge on any atom is 0.337 e. The van der Waals surface area contributed by atoms with Gasteiger partial charge in [-0.25, -0.2) is 9.18 Å². The Hall–Kier alpha value is -3.61. The molecule has 0 bridgehead atoms. The highest BCUT2D eigenvalue weighted by Gasteiger charge is 2.42. The van der Waals surface area contributed by atoms with Gasteiger partial charge in [-0.05, 0) is 56.9 Å². The number of ether oxygens (including phenoxy) is 3. The predicted molar refractivity (Wildman–Crippen MR) is 130 cm³/mol. The predicted octanol–water partition coefficient (Wildman–Crippen LogP) is 5.16. The maximum atomic E-state index is 15.0. The summed E-state index contributed by atoms with van der Waals surface area (Å²) in [5.41, 5.74) is 3.18. The third-order valence-electron chi connectivity index (χ3n) is 6.49. The van der Waals surface area contributed by atoms with Crippen molar-refractivity contribution in [1.82, 2.24) is 5.32 Å². The molecule has 1 aliphatic heterocycles. The molecule has 6 nitrogen and oxygen atoms in total. The van der Waals surface area contributed by atoms with Crippen molar-refractivity contribution in [1.29, 1.82) is 0 Å². The summed E-state index contributed by atoms with van der Waals surface area (Å²) in [7, 11) is 3.15. The zero-order chi connectivity index (χ0) is 25.3. The smallest absolute Gasteiger partial charge is 0.337 e. The molecule has 0 unspecified atom stereocenters. The average molecular weight is 480 g/mol. The Kier molecular flexibility index (Phi) is 6.96. The molecular formula is C28H30FNO5. The lowest BCUT2D eigenvalue weighted by Crippen LogP contribution is -2.36. The van der Waals surface area contributed by atoms with Gasteiger partial charge in [-0.15, -0.1) is 0 Å². The van der Waals surface area contributed by atoms with Crippen molar-refractivity contribution in [2.75, 3.05) is 14.2 Å². The zero-order valence-electron chi connectivity index (χ0n) is 20.6. The SMILES string of the molecule is COc1ccc([C@H]2CC(=O)C3=C(C2)NC(C)=C(C(=O)OC(C)C)[C@H]3c2ccccc2F)cc1OC. The summed E-state index contributed by atoms with van der Waals surface area (Å²) in [5, 5.41) is 3.28. The fourth-order valence-electron chi connectivity index (χ4n) is 4.95. The topological polar surface area (TPSA) is 73.9 Å². The van der Waals surface area contributed by atoms with Crippen LogP contribution < -0.4 is 14.8 Å². The van der Waals surface area contributed by atoms with E-state index in [9.17, 15) is 9.59 Å². The minimum atomic E-state index is -0.836. The number of esters is 1. The number of carbonyl (C=O) groups is 2. The molecule has 184 valence electrons. The molecular weight excluding hydrogens is 449 g/mol. The number of carbonyl (C=O) groups excluding carboxylic acids is 2. The number of ketones is 1. The van der Waals surface area contributed by atoms with E-state index in [1.807, 2.05) is 18.2 Å². The summed E-state index contributed by atoms with van der Waals surface area (Å²) < 4.78 is 31.3. The monoisotopic (exact) mass is 479 g/mol. The van der Waals surface area contributed by atoms with E-state index in [2.05, 4.69) is 5.32 Å². The molecule has 35 heavy (non-hydrogen) atoms. The van der Waals surface area contributed by atoms with Gasteiger partial charge in [0, 0.05) is 29.0 Å². The van der Waals surface area contributed by atoms with Gasteiger partial charge in [0.15, 0.2) is 17.3 Å². The summed E-state index contributed by atoms with van der Waals surface area (Å²) in [6.45, 7) is 5.28. The Morgan fingerprint density at radius 1 is 1.06 bits per heavy atom. The van der Waals surface area contributed by atoms with Crippen LogP contribution in [0, 0.1) is 5.82 Å². The van der Waals surface area contributed by atoms with Crippen molar-refractivity contribution in [3.63, 3.8) is 0 Å². The number of Topliss-reactive ketones (excluding diaryl/α,β-unsaturated/α-hetero) is 1. The van der Waals surface area contributed by atoms with Crippen LogP contribution >= 0.6 is 0 Å². The molecule has 1 aliphatic carbocycles. The second-order valence-electron chi connectivity index (χ2n) is 9.11. The van der Waals surface area contributed by atoms with Crippen LogP contribution in [0.2, 0.25) is 0 Å². The Balaban J connectivity index is 1.79. The Morgan fingerprint density at radius 3 is 2.43 bits per heavy atom. The molecule has 7 heteroatoms. The van der Waals surface area contributed by atoms with Crippen molar-refractivity contribution in [2.24, 2.45) is 0 Å². The van der Waals surface area contributed by atoms with Gasteiger partial charge < -0.3 is 19.5 Å². The maximum absolute atomic E-state index is 15.0. The van der Waals surface area contributed by atoms with Crippen molar-refractivity contribution < 1.29 is 28.2 Å². The molecule has 0 spiro atoms. The molecule has 0 aromatic heterocycles. The first-order chi connectivity index (χ1) is 16.7. The normalized spacial score (nSPS) is 19.9. The summed E-state index contributed by atoms with van der Waals surface area (Å²) in [5.74, 6) is -0.893. The van der Waals surface area contributed by atoms with E-state index in [-0.39, 0.29) is 35.4 Å². The van der Waals surface area contributed by atoms with E-state index in [1.54, 1.807) is 53.2 Å². The van der Waals surface area contributed by atoms with Gasteiger partial charge in [-0.1, -0.05) is 24.3 Å². The van der Waals surface area contributed by atoms with E-state index in [0.29, 0.717) is 34.9 Å². The van der Waals surface area contributed by atoms with Crippen LogP contribution in [-0.2, 0) is 14.3 Å². The van der Waals surface area contributed by atoms with Crippen LogP contribution in [0.4, 0.5) is 4.39 Å². The van der Waals surface area contributed by atoms with E-state index in [0.717, 1.165) is 5.56 Å². The Labute approximate surface area is 204 Å². The van der Waals surface area contributed by atoms with Crippen molar-refractivity contribution in [2.45, 2.75) is 51.6 Å². The van der Waals surface area contributed by atoms with Gasteiger partial charge in [0.2, 0.25) is 0 Å². The molecule has 0 amide bonds. The molecule has 2 aromatic rings. The lowest BCUT2D eigenvalue weighted by Gasteiger charge is -2.37. The molecule has 2 atom stereocenters. The van der Waals surface area contributed by atoms with Crippen molar-refractivity contribution in [3.05, 3.63) is 81.9 Å². The van der Waals surface area contributed by atoms with Crippen LogP contribution in [0.3, 0.4) is 0 Å². The molecule has 2 aromatic carbocycles. The highest BCUT2D eigenvalue weighted by atomic mass is 19.1. The quantitative estimate of drug-likeness (QED) is 0.578. The van der Waals surface area contributed by atoms with E-state index < -0.39 is 17.7 Å². The van der Waals surface area contributed by atoms with Crippen molar-refractivity contribution in [3.8, 4) is 11.5 Å². The number of benzene rings is 2. The van der Waals surface area contributed by atoms with Crippen LogP contribution in [-0.4, -0.2) is 32.1 Å². The first-order valence-electron chi connectivity index (χ1n) is 11.7. The largest absolute Gasteiger partial charge is 0.493 e. The number of halogens is 1. The average Bonchev–Trinajstić information content (AvgIpc) is 2.82. The summed E-state index contributed by atoms with van der Waals surface area (Å²) in [6, 6.07) is 11.9.